The van der Waals surface area contributed by atoms with Gasteiger partial charge in [-0.05, 0) is 32.1 Å². The van der Waals surface area contributed by atoms with E-state index in [4.69, 9.17) is 5.11 Å². The minimum absolute atomic E-state index is 0.332. The summed E-state index contributed by atoms with van der Waals surface area (Å²) in [5.41, 5.74) is 0. The number of nitrogens with zero attached hydrogens (tertiary/aromatic N) is 1. The number of rotatable bonds is 15. The lowest BCUT2D eigenvalue weighted by atomic mass is 10.1. The Kier molecular flexibility index (Phi) is 19.2. The number of aromatic nitrogens is 2. The molecule has 0 unspecified atom stereocenters. The average Bonchev–Trinajstić information content (AvgIpc) is 3.18. The summed E-state index contributed by atoms with van der Waals surface area (Å²) in [4.78, 5) is 16.7. The fourth-order valence-corrected chi connectivity index (χ4v) is 2.56. The van der Waals surface area contributed by atoms with E-state index in [1.165, 1.54) is 70.6 Å². The van der Waals surface area contributed by atoms with E-state index in [0.29, 0.717) is 6.42 Å². The summed E-state index contributed by atoms with van der Waals surface area (Å²) < 4.78 is 0. The molecule has 0 radical (unpaired) electrons. The predicted molar refractivity (Wildman–Crippen MR) is 106 cm³/mol. The van der Waals surface area contributed by atoms with E-state index in [1.807, 2.05) is 0 Å². The van der Waals surface area contributed by atoms with Crippen molar-refractivity contribution < 1.29 is 9.90 Å². The number of allylic oxidation sites excluding steroid dienone is 2. The third-order valence-corrected chi connectivity index (χ3v) is 4.06. The zero-order chi connectivity index (χ0) is 18.4. The lowest BCUT2D eigenvalue weighted by molar-refractivity contribution is -0.137. The summed E-state index contributed by atoms with van der Waals surface area (Å²) in [7, 11) is 0. The van der Waals surface area contributed by atoms with Crippen LogP contribution in [-0.4, -0.2) is 21.0 Å². The molecule has 0 aliphatic rings. The van der Waals surface area contributed by atoms with Gasteiger partial charge in [-0.2, -0.15) is 0 Å². The summed E-state index contributed by atoms with van der Waals surface area (Å²) >= 11 is 0. The number of carbonyl (C=O) groups is 1. The molecule has 0 saturated carbocycles. The van der Waals surface area contributed by atoms with Crippen molar-refractivity contribution in [3.63, 3.8) is 0 Å². The smallest absolute Gasteiger partial charge is 0.303 e. The van der Waals surface area contributed by atoms with Crippen molar-refractivity contribution >= 4 is 5.97 Å². The number of carboxylic acids is 1. The van der Waals surface area contributed by atoms with Gasteiger partial charge in [0.2, 0.25) is 0 Å². The molecule has 25 heavy (non-hydrogen) atoms. The van der Waals surface area contributed by atoms with Gasteiger partial charge in [-0.3, -0.25) is 4.79 Å². The predicted octanol–water partition coefficient (Wildman–Crippen LogP) is 6.52. The average molecular weight is 351 g/mol. The van der Waals surface area contributed by atoms with Crippen molar-refractivity contribution in [1.29, 1.82) is 0 Å². The highest BCUT2D eigenvalue weighted by atomic mass is 16.4. The lowest BCUT2D eigenvalue weighted by Crippen LogP contribution is -1.93. The number of carboxylic acid groups (broad SMARTS) is 1. The highest BCUT2D eigenvalue weighted by molar-refractivity contribution is 5.66. The summed E-state index contributed by atoms with van der Waals surface area (Å²) in [6, 6.07) is 0. The van der Waals surface area contributed by atoms with Gasteiger partial charge in [-0.15, -0.1) is 0 Å². The third-order valence-electron chi connectivity index (χ3n) is 4.06. The van der Waals surface area contributed by atoms with Crippen LogP contribution in [0.2, 0.25) is 0 Å². The van der Waals surface area contributed by atoms with Gasteiger partial charge >= 0.3 is 5.97 Å². The first-order valence-corrected chi connectivity index (χ1v) is 10.1. The molecule has 0 bridgehead atoms. The Morgan fingerprint density at radius 1 is 0.920 bits per heavy atom. The molecule has 2 N–H and O–H groups in total. The Morgan fingerprint density at radius 2 is 1.48 bits per heavy atom. The van der Waals surface area contributed by atoms with Crippen LogP contribution in [0.4, 0.5) is 0 Å². The Bertz CT molecular complexity index is 371. The van der Waals surface area contributed by atoms with Crippen molar-refractivity contribution in [2.24, 2.45) is 0 Å². The molecular formula is C21H38N2O2. The minimum Gasteiger partial charge on any atom is -0.481 e. The second kappa shape index (κ2) is 20.5. The molecular weight excluding hydrogens is 312 g/mol. The van der Waals surface area contributed by atoms with Crippen molar-refractivity contribution in [2.45, 2.75) is 96.8 Å². The van der Waals surface area contributed by atoms with Gasteiger partial charge in [0, 0.05) is 18.8 Å². The normalized spacial score (nSPS) is 10.6. The number of H-pyrrole nitrogens is 1. The van der Waals surface area contributed by atoms with E-state index < -0.39 is 5.97 Å². The first-order valence-electron chi connectivity index (χ1n) is 10.1. The minimum atomic E-state index is -0.664. The largest absolute Gasteiger partial charge is 0.481 e. The Hall–Kier alpha value is -1.58. The topological polar surface area (TPSA) is 66.0 Å². The van der Waals surface area contributed by atoms with Gasteiger partial charge in [0.25, 0.3) is 0 Å². The molecule has 0 atom stereocenters. The van der Waals surface area contributed by atoms with Crippen molar-refractivity contribution in [3.05, 3.63) is 30.9 Å². The third kappa shape index (κ3) is 22.4. The van der Waals surface area contributed by atoms with Gasteiger partial charge in [0.05, 0.1) is 6.33 Å². The van der Waals surface area contributed by atoms with Crippen LogP contribution in [0.25, 0.3) is 0 Å². The molecule has 1 rings (SSSR count). The van der Waals surface area contributed by atoms with Crippen molar-refractivity contribution in [2.75, 3.05) is 0 Å². The maximum Gasteiger partial charge on any atom is 0.303 e. The fraction of sp³-hybridized carbons (Fsp3) is 0.714. The lowest BCUT2D eigenvalue weighted by Gasteiger charge is -1.99. The van der Waals surface area contributed by atoms with Crippen LogP contribution in [0.3, 0.4) is 0 Å². The highest BCUT2D eigenvalue weighted by Gasteiger charge is 1.95. The van der Waals surface area contributed by atoms with E-state index in [2.05, 4.69) is 29.0 Å². The zero-order valence-electron chi connectivity index (χ0n) is 16.1. The summed E-state index contributed by atoms with van der Waals surface area (Å²) in [5.74, 6) is -0.664. The maximum atomic E-state index is 10.3. The molecule has 0 spiro atoms. The Morgan fingerprint density at radius 3 is 1.92 bits per heavy atom. The van der Waals surface area contributed by atoms with Gasteiger partial charge < -0.3 is 10.1 Å². The Balaban J connectivity index is 0.000000972. The second-order valence-corrected chi connectivity index (χ2v) is 6.49. The van der Waals surface area contributed by atoms with Crippen LogP contribution in [0.5, 0.6) is 0 Å². The van der Waals surface area contributed by atoms with E-state index in [-0.39, 0.29) is 0 Å². The second-order valence-electron chi connectivity index (χ2n) is 6.49. The van der Waals surface area contributed by atoms with E-state index in [9.17, 15) is 4.79 Å². The zero-order valence-corrected chi connectivity index (χ0v) is 16.1. The molecule has 1 aromatic heterocycles. The molecule has 0 aliphatic heterocycles. The van der Waals surface area contributed by atoms with Crippen LogP contribution in [0.1, 0.15) is 96.8 Å². The summed E-state index contributed by atoms with van der Waals surface area (Å²) in [5, 5.41) is 8.51. The van der Waals surface area contributed by atoms with Gasteiger partial charge in [0.15, 0.2) is 0 Å². The number of nitrogens with one attached hydrogen (secondary N) is 1. The monoisotopic (exact) mass is 350 g/mol. The summed E-state index contributed by atoms with van der Waals surface area (Å²) in [6.07, 6.45) is 26.3. The van der Waals surface area contributed by atoms with E-state index in [1.54, 1.807) is 18.7 Å². The first kappa shape index (κ1) is 23.4. The van der Waals surface area contributed by atoms with Crippen LogP contribution in [-0.2, 0) is 4.79 Å². The molecule has 0 amide bonds. The molecule has 0 aliphatic carbocycles. The number of aliphatic carboxylic acids is 1. The van der Waals surface area contributed by atoms with Gasteiger partial charge in [0.1, 0.15) is 0 Å². The molecule has 0 saturated heterocycles. The summed E-state index contributed by atoms with van der Waals surface area (Å²) in [6.45, 7) is 2.26. The van der Waals surface area contributed by atoms with Gasteiger partial charge in [-0.1, -0.05) is 70.4 Å². The fourth-order valence-electron chi connectivity index (χ4n) is 2.56. The highest BCUT2D eigenvalue weighted by Crippen LogP contribution is 2.09. The van der Waals surface area contributed by atoms with E-state index in [0.717, 1.165) is 12.8 Å². The number of hydrogen-bond donors (Lipinski definition) is 2. The quantitative estimate of drug-likeness (QED) is 0.279. The van der Waals surface area contributed by atoms with Crippen LogP contribution < -0.4 is 0 Å². The molecule has 1 aromatic rings. The number of imidazole rings is 1. The number of aromatic amines is 1. The van der Waals surface area contributed by atoms with Crippen LogP contribution in [0, 0.1) is 0 Å². The first-order chi connectivity index (χ1) is 12.3. The molecule has 4 nitrogen and oxygen atoms in total. The van der Waals surface area contributed by atoms with E-state index >= 15 is 0 Å². The number of unbranched alkanes of at least 4 members (excludes halogenated alkanes) is 11. The molecule has 0 fully saturated rings. The molecule has 144 valence electrons. The van der Waals surface area contributed by atoms with Crippen molar-refractivity contribution in [3.8, 4) is 0 Å². The maximum absolute atomic E-state index is 10.3. The van der Waals surface area contributed by atoms with Gasteiger partial charge in [-0.25, -0.2) is 4.98 Å². The molecule has 1 heterocycles. The molecule has 4 heteroatoms. The van der Waals surface area contributed by atoms with Crippen molar-refractivity contribution in [1.82, 2.24) is 9.97 Å². The van der Waals surface area contributed by atoms with Crippen LogP contribution >= 0.6 is 0 Å². The number of hydrogen-bond acceptors (Lipinski definition) is 2. The Labute approximate surface area is 154 Å². The SMILES string of the molecule is CCCCCCCC/C=C\CCCCCCCC(=O)O.c1c[nH]cn1. The standard InChI is InChI=1S/C18H34O2.C3H4N2/c1-2-3-4-5-6-7-8-9-10-11-12-13-14-15-16-17-18(19)20;1-2-5-3-4-1/h9-10H,2-8,11-17H2,1H3,(H,19,20);1-3H,(H,4,5)/b10-9-;. The van der Waals surface area contributed by atoms with Crippen LogP contribution in [0.15, 0.2) is 30.9 Å². The molecule has 0 aromatic carbocycles.